The van der Waals surface area contributed by atoms with E-state index in [2.05, 4.69) is 50.4 Å². The van der Waals surface area contributed by atoms with Gasteiger partial charge < -0.3 is 19.6 Å². The number of furan rings is 1. The Hall–Kier alpha value is -2.05. The third-order valence-corrected chi connectivity index (χ3v) is 5.35. The molecule has 0 aliphatic carbocycles. The number of hydrogen-bond donors (Lipinski definition) is 2. The van der Waals surface area contributed by atoms with Gasteiger partial charge in [0.2, 0.25) is 0 Å². The van der Waals surface area contributed by atoms with Gasteiger partial charge >= 0.3 is 0 Å². The molecular weight excluding hydrogens is 382 g/mol. The predicted molar refractivity (Wildman–Crippen MR) is 102 cm³/mol. The maximum absolute atomic E-state index is 12.3. The Morgan fingerprint density at radius 3 is 2.80 bits per heavy atom. The number of aromatic nitrogens is 1. The molecule has 0 radical (unpaired) electrons. The highest BCUT2D eigenvalue weighted by Gasteiger charge is 2.21. The van der Waals surface area contributed by atoms with E-state index in [4.69, 9.17) is 4.42 Å². The van der Waals surface area contributed by atoms with Crippen LogP contribution < -0.4 is 5.32 Å². The summed E-state index contributed by atoms with van der Waals surface area (Å²) in [5, 5.41) is 4.10. The molecule has 5 nitrogen and oxygen atoms in total. The number of carbonyl (C=O) groups excluding carboxylic acids is 1. The van der Waals surface area contributed by atoms with Gasteiger partial charge in [-0.05, 0) is 90.7 Å². The number of anilines is 1. The average molecular weight is 402 g/mol. The second kappa shape index (κ2) is 6.69. The summed E-state index contributed by atoms with van der Waals surface area (Å²) in [5.41, 5.74) is 3.23. The molecule has 2 N–H and O–H groups in total. The molecule has 1 aliphatic rings. The normalized spacial score (nSPS) is 16.4. The molecule has 0 unspecified atom stereocenters. The van der Waals surface area contributed by atoms with Crippen molar-refractivity contribution in [1.29, 1.82) is 0 Å². The summed E-state index contributed by atoms with van der Waals surface area (Å²) in [6.07, 6.45) is 4.46. The molecule has 0 saturated carbocycles. The molecule has 1 fully saturated rings. The minimum Gasteiger partial charge on any atom is -0.444 e. The molecule has 130 valence electrons. The van der Waals surface area contributed by atoms with Crippen LogP contribution in [0.25, 0.3) is 10.9 Å². The molecule has 0 bridgehead atoms. The zero-order chi connectivity index (χ0) is 17.4. The van der Waals surface area contributed by atoms with E-state index in [1.807, 2.05) is 12.1 Å². The van der Waals surface area contributed by atoms with Crippen molar-refractivity contribution < 1.29 is 9.21 Å². The molecule has 6 heteroatoms. The number of likely N-dealkylation sites (tertiary alicyclic amines) is 1. The highest BCUT2D eigenvalue weighted by molar-refractivity contribution is 9.10. The lowest BCUT2D eigenvalue weighted by Crippen LogP contribution is -2.29. The van der Waals surface area contributed by atoms with Gasteiger partial charge in [0.1, 0.15) is 0 Å². The molecule has 4 rings (SSSR count). The zero-order valence-corrected chi connectivity index (χ0v) is 15.6. The number of fused-ring (bicyclic) bond motifs is 1. The van der Waals surface area contributed by atoms with Gasteiger partial charge in [-0.25, -0.2) is 0 Å². The summed E-state index contributed by atoms with van der Waals surface area (Å²) in [7, 11) is 2.17. The molecule has 1 saturated heterocycles. The first-order valence-electron chi connectivity index (χ1n) is 8.46. The first-order chi connectivity index (χ1) is 12.1. The molecule has 1 amide bonds. The van der Waals surface area contributed by atoms with Crippen molar-refractivity contribution in [3.63, 3.8) is 0 Å². The molecule has 3 aromatic rings. The molecule has 3 heterocycles. The van der Waals surface area contributed by atoms with Crippen LogP contribution in [0.2, 0.25) is 0 Å². The number of nitrogens with one attached hydrogen (secondary N) is 2. The largest absolute Gasteiger partial charge is 0.444 e. The number of halogens is 1. The summed E-state index contributed by atoms with van der Waals surface area (Å²) >= 11 is 3.22. The number of amides is 1. The first-order valence-corrected chi connectivity index (χ1v) is 9.26. The number of hydrogen-bond acceptors (Lipinski definition) is 3. The van der Waals surface area contributed by atoms with E-state index in [1.165, 1.54) is 23.8 Å². The Kier molecular flexibility index (Phi) is 4.39. The van der Waals surface area contributed by atoms with Gasteiger partial charge in [0.25, 0.3) is 5.91 Å². The summed E-state index contributed by atoms with van der Waals surface area (Å²) in [6, 6.07) is 9.34. The van der Waals surface area contributed by atoms with E-state index in [9.17, 15) is 4.79 Å². The second-order valence-electron chi connectivity index (χ2n) is 6.64. The number of rotatable bonds is 3. The smallest absolute Gasteiger partial charge is 0.291 e. The standard InChI is InChI=1S/C19H20BrN3O2/c1-23-8-6-12(7-9-23)15-11-21-16-3-2-13(10-14(15)16)22-19(24)17-4-5-18(20)25-17/h2-5,10-12,21H,6-9H2,1H3,(H,22,24). The number of piperidine rings is 1. The Bertz CT molecular complexity index is 906. The molecule has 1 aliphatic heterocycles. The lowest BCUT2D eigenvalue weighted by atomic mass is 9.89. The third kappa shape index (κ3) is 3.37. The van der Waals surface area contributed by atoms with E-state index in [0.29, 0.717) is 10.6 Å². The Morgan fingerprint density at radius 2 is 2.08 bits per heavy atom. The fraction of sp³-hybridized carbons (Fsp3) is 0.316. The third-order valence-electron chi connectivity index (χ3n) is 4.93. The van der Waals surface area contributed by atoms with Crippen molar-refractivity contribution in [2.75, 3.05) is 25.5 Å². The van der Waals surface area contributed by atoms with Gasteiger partial charge in [-0.2, -0.15) is 0 Å². The number of nitrogens with zero attached hydrogens (tertiary/aromatic N) is 1. The van der Waals surface area contributed by atoms with Crippen molar-refractivity contribution in [2.45, 2.75) is 18.8 Å². The van der Waals surface area contributed by atoms with Crippen molar-refractivity contribution in [3.05, 3.63) is 52.5 Å². The summed E-state index contributed by atoms with van der Waals surface area (Å²) in [5.74, 6) is 0.606. The number of carbonyl (C=O) groups is 1. The number of benzene rings is 1. The van der Waals surface area contributed by atoms with Gasteiger partial charge in [-0.3, -0.25) is 4.79 Å². The summed E-state index contributed by atoms with van der Waals surface area (Å²) in [6.45, 7) is 2.25. The van der Waals surface area contributed by atoms with E-state index >= 15 is 0 Å². The van der Waals surface area contributed by atoms with Gasteiger partial charge in [-0.1, -0.05) is 0 Å². The fourth-order valence-electron chi connectivity index (χ4n) is 3.51. The van der Waals surface area contributed by atoms with Crippen LogP contribution in [-0.2, 0) is 0 Å². The van der Waals surface area contributed by atoms with Crippen LogP contribution in [0.1, 0.15) is 34.9 Å². The van der Waals surface area contributed by atoms with Crippen molar-refractivity contribution in [1.82, 2.24) is 9.88 Å². The molecule has 2 aromatic heterocycles. The maximum atomic E-state index is 12.3. The quantitative estimate of drug-likeness (QED) is 0.674. The van der Waals surface area contributed by atoms with Crippen LogP contribution in [0.4, 0.5) is 5.69 Å². The van der Waals surface area contributed by atoms with E-state index in [-0.39, 0.29) is 11.7 Å². The van der Waals surface area contributed by atoms with E-state index in [1.54, 1.807) is 12.1 Å². The average Bonchev–Trinajstić information content (AvgIpc) is 3.22. The fourth-order valence-corrected chi connectivity index (χ4v) is 3.81. The Morgan fingerprint density at radius 1 is 1.28 bits per heavy atom. The lowest BCUT2D eigenvalue weighted by molar-refractivity contribution is 0.0995. The summed E-state index contributed by atoms with van der Waals surface area (Å²) in [4.78, 5) is 18.0. The first kappa shape index (κ1) is 16.4. The number of aromatic amines is 1. The Labute approximate surface area is 154 Å². The molecular formula is C19H20BrN3O2. The van der Waals surface area contributed by atoms with E-state index in [0.717, 1.165) is 24.3 Å². The van der Waals surface area contributed by atoms with Gasteiger partial charge in [0, 0.05) is 22.8 Å². The highest BCUT2D eigenvalue weighted by atomic mass is 79.9. The molecule has 1 aromatic carbocycles. The lowest BCUT2D eigenvalue weighted by Gasteiger charge is -2.28. The maximum Gasteiger partial charge on any atom is 0.291 e. The van der Waals surface area contributed by atoms with Gasteiger partial charge in [-0.15, -0.1) is 0 Å². The zero-order valence-electron chi connectivity index (χ0n) is 14.0. The van der Waals surface area contributed by atoms with Crippen molar-refractivity contribution in [3.8, 4) is 0 Å². The second-order valence-corrected chi connectivity index (χ2v) is 7.42. The van der Waals surface area contributed by atoms with Crippen LogP contribution in [0.3, 0.4) is 0 Å². The summed E-state index contributed by atoms with van der Waals surface area (Å²) < 4.78 is 5.86. The topological polar surface area (TPSA) is 61.3 Å². The van der Waals surface area contributed by atoms with Crippen molar-refractivity contribution >= 4 is 38.4 Å². The van der Waals surface area contributed by atoms with Crippen LogP contribution in [-0.4, -0.2) is 35.9 Å². The van der Waals surface area contributed by atoms with Crippen LogP contribution >= 0.6 is 15.9 Å². The van der Waals surface area contributed by atoms with Gasteiger partial charge in [0.05, 0.1) is 0 Å². The SMILES string of the molecule is CN1CCC(c2c[nH]c3ccc(NC(=O)c4ccc(Br)o4)cc23)CC1. The monoisotopic (exact) mass is 401 g/mol. The van der Waals surface area contributed by atoms with E-state index < -0.39 is 0 Å². The molecule has 0 atom stereocenters. The van der Waals surface area contributed by atoms with Crippen LogP contribution in [0.15, 0.2) is 45.6 Å². The minimum atomic E-state index is -0.249. The van der Waals surface area contributed by atoms with Crippen LogP contribution in [0.5, 0.6) is 0 Å². The minimum absolute atomic E-state index is 0.249. The van der Waals surface area contributed by atoms with Crippen molar-refractivity contribution in [2.24, 2.45) is 0 Å². The Balaban J connectivity index is 1.59. The number of H-pyrrole nitrogens is 1. The van der Waals surface area contributed by atoms with Crippen LogP contribution in [0, 0.1) is 0 Å². The highest BCUT2D eigenvalue weighted by Crippen LogP contribution is 2.34. The molecule has 25 heavy (non-hydrogen) atoms. The molecule has 0 spiro atoms. The predicted octanol–water partition coefficient (Wildman–Crippen LogP) is 4.58. The van der Waals surface area contributed by atoms with Gasteiger partial charge in [0.15, 0.2) is 10.4 Å².